The Kier molecular flexibility index (Phi) is 6.29. The van der Waals surface area contributed by atoms with Crippen molar-refractivity contribution in [2.24, 2.45) is 0 Å². The van der Waals surface area contributed by atoms with Gasteiger partial charge >= 0.3 is 5.97 Å². The summed E-state index contributed by atoms with van der Waals surface area (Å²) in [5.41, 5.74) is 2.40. The van der Waals surface area contributed by atoms with Gasteiger partial charge in [0.2, 0.25) is 0 Å². The predicted molar refractivity (Wildman–Crippen MR) is 108 cm³/mol. The molecule has 0 bridgehead atoms. The summed E-state index contributed by atoms with van der Waals surface area (Å²) in [7, 11) is -1.07. The van der Waals surface area contributed by atoms with Gasteiger partial charge < -0.3 is 10.4 Å². The number of pyridine rings is 1. The largest absolute Gasteiger partial charge is 0.477 e. The Morgan fingerprint density at radius 2 is 1.64 bits per heavy atom. The van der Waals surface area contributed by atoms with Gasteiger partial charge in [-0.3, -0.25) is 9.00 Å². The lowest BCUT2D eigenvalue weighted by Gasteiger charge is -2.08. The van der Waals surface area contributed by atoms with E-state index in [0.717, 1.165) is 11.1 Å². The summed E-state index contributed by atoms with van der Waals surface area (Å²) >= 11 is 0. The standard InChI is InChI=1S/C21H18N2O4S/c24-20(17-9-10-22-19(12-17)21(25)26)23-18-8-4-7-16(11-18)14-28(27)13-15-5-2-1-3-6-15/h1-12H,13-14H2,(H,23,24)(H,25,26)/t28-/m0/s1. The second-order valence-electron chi connectivity index (χ2n) is 6.10. The van der Waals surface area contributed by atoms with E-state index in [1.54, 1.807) is 18.2 Å². The molecule has 0 fully saturated rings. The fourth-order valence-corrected chi connectivity index (χ4v) is 3.85. The van der Waals surface area contributed by atoms with Gasteiger partial charge in [-0.15, -0.1) is 0 Å². The molecule has 0 spiro atoms. The Morgan fingerprint density at radius 1 is 0.929 bits per heavy atom. The number of aromatic nitrogens is 1. The molecule has 2 aromatic carbocycles. The van der Waals surface area contributed by atoms with Crippen molar-refractivity contribution in [1.82, 2.24) is 4.98 Å². The molecule has 6 nitrogen and oxygen atoms in total. The molecule has 28 heavy (non-hydrogen) atoms. The van der Waals surface area contributed by atoms with Gasteiger partial charge in [-0.1, -0.05) is 42.5 Å². The zero-order chi connectivity index (χ0) is 19.9. The minimum absolute atomic E-state index is 0.197. The number of nitrogens with zero attached hydrogens (tertiary/aromatic N) is 1. The maximum Gasteiger partial charge on any atom is 0.354 e. The molecule has 3 aromatic rings. The Labute approximate surface area is 164 Å². The number of hydrogen-bond donors (Lipinski definition) is 2. The van der Waals surface area contributed by atoms with E-state index >= 15 is 0 Å². The number of carboxylic acids is 1. The van der Waals surface area contributed by atoms with Crippen molar-refractivity contribution in [1.29, 1.82) is 0 Å². The van der Waals surface area contributed by atoms with Crippen LogP contribution in [-0.2, 0) is 22.3 Å². The third-order valence-electron chi connectivity index (χ3n) is 3.92. The lowest BCUT2D eigenvalue weighted by molar-refractivity contribution is 0.0690. The Bertz CT molecular complexity index is 1020. The lowest BCUT2D eigenvalue weighted by Crippen LogP contribution is -2.13. The number of carbonyl (C=O) groups excluding carboxylic acids is 1. The van der Waals surface area contributed by atoms with Crippen molar-refractivity contribution in [2.45, 2.75) is 11.5 Å². The second kappa shape index (κ2) is 9.05. The van der Waals surface area contributed by atoms with Crippen LogP contribution in [0.5, 0.6) is 0 Å². The normalized spacial score (nSPS) is 11.6. The number of anilines is 1. The zero-order valence-corrected chi connectivity index (χ0v) is 15.7. The quantitative estimate of drug-likeness (QED) is 0.640. The van der Waals surface area contributed by atoms with Gasteiger partial charge in [-0.05, 0) is 35.4 Å². The average Bonchev–Trinajstić information content (AvgIpc) is 2.69. The molecule has 1 aromatic heterocycles. The molecule has 0 aliphatic rings. The van der Waals surface area contributed by atoms with Gasteiger partial charge in [0.1, 0.15) is 5.69 Å². The van der Waals surface area contributed by atoms with Gasteiger partial charge in [0.05, 0.1) is 0 Å². The number of hydrogen-bond acceptors (Lipinski definition) is 4. The van der Waals surface area contributed by atoms with Crippen LogP contribution in [0.4, 0.5) is 5.69 Å². The number of nitrogens with one attached hydrogen (secondary N) is 1. The van der Waals surface area contributed by atoms with E-state index in [1.165, 1.54) is 18.3 Å². The minimum atomic E-state index is -1.20. The van der Waals surface area contributed by atoms with E-state index < -0.39 is 22.7 Å². The van der Waals surface area contributed by atoms with Crippen LogP contribution in [0.1, 0.15) is 32.0 Å². The third kappa shape index (κ3) is 5.34. The van der Waals surface area contributed by atoms with Crippen LogP contribution >= 0.6 is 0 Å². The van der Waals surface area contributed by atoms with Crippen LogP contribution < -0.4 is 5.32 Å². The van der Waals surface area contributed by atoms with E-state index in [4.69, 9.17) is 5.11 Å². The molecule has 2 N–H and O–H groups in total. The van der Waals surface area contributed by atoms with Crippen LogP contribution in [0.3, 0.4) is 0 Å². The molecule has 0 radical (unpaired) electrons. The van der Waals surface area contributed by atoms with Crippen molar-refractivity contribution >= 4 is 28.4 Å². The van der Waals surface area contributed by atoms with E-state index in [1.807, 2.05) is 36.4 Å². The van der Waals surface area contributed by atoms with Crippen LogP contribution in [0, 0.1) is 0 Å². The first-order valence-corrected chi connectivity index (χ1v) is 9.98. The highest BCUT2D eigenvalue weighted by molar-refractivity contribution is 7.83. The van der Waals surface area contributed by atoms with E-state index in [2.05, 4.69) is 10.3 Å². The van der Waals surface area contributed by atoms with Crippen LogP contribution in [0.15, 0.2) is 72.9 Å². The van der Waals surface area contributed by atoms with E-state index in [9.17, 15) is 13.8 Å². The molecular formula is C21H18N2O4S. The fraction of sp³-hybridized carbons (Fsp3) is 0.0952. The maximum atomic E-state index is 12.4. The molecule has 1 amide bonds. The summed E-state index contributed by atoms with van der Waals surface area (Å²) in [5.74, 6) is -0.798. The summed E-state index contributed by atoms with van der Waals surface area (Å²) in [6.07, 6.45) is 1.28. The second-order valence-corrected chi connectivity index (χ2v) is 7.56. The molecule has 7 heteroatoms. The number of rotatable bonds is 7. The van der Waals surface area contributed by atoms with Crippen molar-refractivity contribution in [3.05, 3.63) is 95.3 Å². The van der Waals surface area contributed by atoms with Crippen molar-refractivity contribution < 1.29 is 18.9 Å². The summed E-state index contributed by atoms with van der Waals surface area (Å²) < 4.78 is 12.4. The monoisotopic (exact) mass is 394 g/mol. The topological polar surface area (TPSA) is 96.4 Å². The summed E-state index contributed by atoms with van der Waals surface area (Å²) in [5, 5.41) is 11.7. The van der Waals surface area contributed by atoms with E-state index in [-0.39, 0.29) is 11.3 Å². The first-order valence-electron chi connectivity index (χ1n) is 8.50. The highest BCUT2D eigenvalue weighted by atomic mass is 32.2. The fourth-order valence-electron chi connectivity index (χ4n) is 2.63. The van der Waals surface area contributed by atoms with Crippen LogP contribution in [0.2, 0.25) is 0 Å². The number of carbonyl (C=O) groups is 2. The Morgan fingerprint density at radius 3 is 2.39 bits per heavy atom. The van der Waals surface area contributed by atoms with Gasteiger partial charge in [0.15, 0.2) is 0 Å². The third-order valence-corrected chi connectivity index (χ3v) is 5.23. The molecule has 0 saturated heterocycles. The molecule has 0 aliphatic carbocycles. The van der Waals surface area contributed by atoms with Crippen molar-refractivity contribution in [3.63, 3.8) is 0 Å². The average molecular weight is 394 g/mol. The lowest BCUT2D eigenvalue weighted by atomic mass is 10.2. The highest BCUT2D eigenvalue weighted by Gasteiger charge is 2.11. The zero-order valence-electron chi connectivity index (χ0n) is 14.9. The van der Waals surface area contributed by atoms with Crippen LogP contribution in [0.25, 0.3) is 0 Å². The molecule has 1 atom stereocenters. The summed E-state index contributed by atoms with van der Waals surface area (Å²) in [6, 6.07) is 19.4. The first-order chi connectivity index (χ1) is 13.5. The van der Waals surface area contributed by atoms with Crippen molar-refractivity contribution in [3.8, 4) is 0 Å². The molecule has 0 aliphatic heterocycles. The van der Waals surface area contributed by atoms with Gasteiger partial charge in [0.25, 0.3) is 5.91 Å². The maximum absolute atomic E-state index is 12.4. The number of aromatic carboxylic acids is 1. The Balaban J connectivity index is 1.66. The number of benzene rings is 2. The molecular weight excluding hydrogens is 376 g/mol. The number of amides is 1. The summed E-state index contributed by atoms with van der Waals surface area (Å²) in [4.78, 5) is 27.1. The van der Waals surface area contributed by atoms with Crippen LogP contribution in [-0.4, -0.2) is 26.2 Å². The van der Waals surface area contributed by atoms with E-state index in [0.29, 0.717) is 17.2 Å². The van der Waals surface area contributed by atoms with Gasteiger partial charge in [0, 0.05) is 39.8 Å². The van der Waals surface area contributed by atoms with Gasteiger partial charge in [-0.2, -0.15) is 0 Å². The van der Waals surface area contributed by atoms with Crippen molar-refractivity contribution in [2.75, 3.05) is 5.32 Å². The highest BCUT2D eigenvalue weighted by Crippen LogP contribution is 2.15. The molecule has 1 heterocycles. The molecule has 3 rings (SSSR count). The summed E-state index contributed by atoms with van der Waals surface area (Å²) in [6.45, 7) is 0. The Hall–Kier alpha value is -3.32. The molecule has 0 saturated carbocycles. The predicted octanol–water partition coefficient (Wildman–Crippen LogP) is 3.48. The minimum Gasteiger partial charge on any atom is -0.477 e. The first kappa shape index (κ1) is 19.4. The van der Waals surface area contributed by atoms with Gasteiger partial charge in [-0.25, -0.2) is 9.78 Å². The SMILES string of the molecule is O=C(Nc1cccc(C[S@@](=O)Cc2ccccc2)c1)c1ccnc(C(=O)O)c1. The smallest absolute Gasteiger partial charge is 0.354 e. The molecule has 0 unspecified atom stereocenters. The molecule has 142 valence electrons. The number of carboxylic acid groups (broad SMARTS) is 1.